The first-order valence-corrected chi connectivity index (χ1v) is 11.4. The minimum absolute atomic E-state index is 0.0458. The van der Waals surface area contributed by atoms with Crippen molar-refractivity contribution in [1.82, 2.24) is 5.32 Å². The van der Waals surface area contributed by atoms with Gasteiger partial charge in [-0.05, 0) is 36.2 Å². The molecule has 0 bridgehead atoms. The van der Waals surface area contributed by atoms with Crippen LogP contribution < -0.4 is 15.5 Å². The lowest BCUT2D eigenvalue weighted by Crippen LogP contribution is -2.38. The van der Waals surface area contributed by atoms with E-state index < -0.39 is 15.7 Å². The Kier molecular flexibility index (Phi) is 5.53. The molecule has 1 N–H and O–H groups in total. The van der Waals surface area contributed by atoms with Crippen LogP contribution in [0, 0.1) is 0 Å². The standard InChI is InChI=1S/C21H18ClNO6S/c22-14-3-1-13(2-4-14)18-10-29-19-9-16(5-6-17(19)21(18)25)28-11-20(24)23-15-7-8-30(26,27)12-15/h1-6,9-10,15H,7-8,11-12H2,(H,23,24). The van der Waals surface area contributed by atoms with Crippen molar-refractivity contribution in [1.29, 1.82) is 0 Å². The second kappa shape index (κ2) is 8.12. The van der Waals surface area contributed by atoms with Gasteiger partial charge in [-0.1, -0.05) is 23.7 Å². The number of hydrogen-bond donors (Lipinski definition) is 1. The van der Waals surface area contributed by atoms with Crippen LogP contribution in [-0.4, -0.2) is 38.5 Å². The number of sulfone groups is 1. The van der Waals surface area contributed by atoms with Gasteiger partial charge in [0.05, 0.1) is 22.5 Å². The molecule has 1 aliphatic rings. The van der Waals surface area contributed by atoms with Crippen molar-refractivity contribution >= 4 is 38.3 Å². The second-order valence-electron chi connectivity index (χ2n) is 7.10. The Morgan fingerprint density at radius 1 is 1.20 bits per heavy atom. The first-order valence-electron chi connectivity index (χ1n) is 9.25. The van der Waals surface area contributed by atoms with Gasteiger partial charge in [-0.2, -0.15) is 0 Å². The van der Waals surface area contributed by atoms with E-state index in [1.165, 1.54) is 12.3 Å². The molecular formula is C21H18ClNO6S. The molecule has 1 aromatic heterocycles. The van der Waals surface area contributed by atoms with Crippen molar-refractivity contribution in [3.05, 3.63) is 64.0 Å². The van der Waals surface area contributed by atoms with E-state index in [-0.39, 0.29) is 29.6 Å². The molecule has 0 saturated carbocycles. The zero-order chi connectivity index (χ0) is 21.3. The van der Waals surface area contributed by atoms with E-state index in [2.05, 4.69) is 5.32 Å². The lowest BCUT2D eigenvalue weighted by molar-refractivity contribution is -0.123. The van der Waals surface area contributed by atoms with Crippen molar-refractivity contribution in [3.63, 3.8) is 0 Å². The molecule has 1 amide bonds. The molecule has 2 aromatic carbocycles. The third-order valence-electron chi connectivity index (χ3n) is 4.87. The maximum atomic E-state index is 12.8. The van der Waals surface area contributed by atoms with Gasteiger partial charge in [0, 0.05) is 17.1 Å². The molecule has 4 rings (SSSR count). The van der Waals surface area contributed by atoms with E-state index in [9.17, 15) is 18.0 Å². The van der Waals surface area contributed by atoms with Crippen LogP contribution in [0.4, 0.5) is 0 Å². The summed E-state index contributed by atoms with van der Waals surface area (Å²) in [5, 5.41) is 3.61. The Balaban J connectivity index is 1.46. The van der Waals surface area contributed by atoms with Gasteiger partial charge in [0.25, 0.3) is 5.91 Å². The number of carbonyl (C=O) groups is 1. The maximum Gasteiger partial charge on any atom is 0.258 e. The molecule has 1 aliphatic heterocycles. The molecule has 0 radical (unpaired) electrons. The van der Waals surface area contributed by atoms with Crippen molar-refractivity contribution in [3.8, 4) is 16.9 Å². The van der Waals surface area contributed by atoms with Crippen LogP contribution in [0.5, 0.6) is 5.75 Å². The van der Waals surface area contributed by atoms with E-state index in [0.717, 1.165) is 0 Å². The summed E-state index contributed by atoms with van der Waals surface area (Å²) in [6.45, 7) is -0.269. The van der Waals surface area contributed by atoms with Gasteiger partial charge in [0.1, 0.15) is 17.6 Å². The van der Waals surface area contributed by atoms with Gasteiger partial charge < -0.3 is 14.5 Å². The smallest absolute Gasteiger partial charge is 0.258 e. The molecule has 3 aromatic rings. The fourth-order valence-electron chi connectivity index (χ4n) is 3.35. The van der Waals surface area contributed by atoms with Crippen LogP contribution >= 0.6 is 11.6 Å². The van der Waals surface area contributed by atoms with Crippen LogP contribution in [0.15, 0.2) is 57.9 Å². The highest BCUT2D eigenvalue weighted by Gasteiger charge is 2.28. The Morgan fingerprint density at radius 2 is 1.97 bits per heavy atom. The molecule has 1 atom stereocenters. The summed E-state index contributed by atoms with van der Waals surface area (Å²) in [5.41, 5.74) is 1.25. The summed E-state index contributed by atoms with van der Waals surface area (Å²) in [6, 6.07) is 11.2. The van der Waals surface area contributed by atoms with Crippen molar-refractivity contribution in [2.75, 3.05) is 18.1 Å². The maximum absolute atomic E-state index is 12.8. The van der Waals surface area contributed by atoms with Gasteiger partial charge in [-0.15, -0.1) is 0 Å². The topological polar surface area (TPSA) is 103 Å². The van der Waals surface area contributed by atoms with E-state index in [0.29, 0.717) is 39.3 Å². The highest BCUT2D eigenvalue weighted by Crippen LogP contribution is 2.24. The average Bonchev–Trinajstić information content (AvgIpc) is 3.05. The highest BCUT2D eigenvalue weighted by atomic mass is 35.5. The third-order valence-corrected chi connectivity index (χ3v) is 6.89. The number of nitrogens with one attached hydrogen (secondary N) is 1. The Bertz CT molecular complexity index is 1270. The monoisotopic (exact) mass is 447 g/mol. The minimum Gasteiger partial charge on any atom is -0.484 e. The lowest BCUT2D eigenvalue weighted by atomic mass is 10.1. The number of carbonyl (C=O) groups excluding carboxylic acids is 1. The first kappa shape index (κ1) is 20.4. The zero-order valence-electron chi connectivity index (χ0n) is 15.8. The van der Waals surface area contributed by atoms with Crippen LogP contribution in [0.3, 0.4) is 0 Å². The minimum atomic E-state index is -3.07. The van der Waals surface area contributed by atoms with Crippen molar-refractivity contribution in [2.45, 2.75) is 12.5 Å². The molecule has 1 fully saturated rings. The summed E-state index contributed by atoms with van der Waals surface area (Å²) in [5.74, 6) is -0.00750. The van der Waals surface area contributed by atoms with Crippen molar-refractivity contribution in [2.24, 2.45) is 0 Å². The summed E-state index contributed by atoms with van der Waals surface area (Å²) < 4.78 is 34.0. The molecule has 2 heterocycles. The molecule has 156 valence electrons. The molecule has 0 aliphatic carbocycles. The van der Waals surface area contributed by atoms with E-state index in [4.69, 9.17) is 20.8 Å². The fraction of sp³-hybridized carbons (Fsp3) is 0.238. The summed E-state index contributed by atoms with van der Waals surface area (Å²) in [4.78, 5) is 24.8. The number of hydrogen-bond acceptors (Lipinski definition) is 6. The van der Waals surface area contributed by atoms with Crippen LogP contribution in [0.1, 0.15) is 6.42 Å². The number of fused-ring (bicyclic) bond motifs is 1. The molecule has 0 spiro atoms. The van der Waals surface area contributed by atoms with Gasteiger partial charge in [-0.3, -0.25) is 9.59 Å². The first-order chi connectivity index (χ1) is 14.3. The molecule has 7 nitrogen and oxygen atoms in total. The number of rotatable bonds is 5. The SMILES string of the molecule is O=C(COc1ccc2c(=O)c(-c3ccc(Cl)cc3)coc2c1)NC1CCS(=O)(=O)C1. The summed E-state index contributed by atoms with van der Waals surface area (Å²) >= 11 is 5.89. The van der Waals surface area contributed by atoms with Crippen LogP contribution in [-0.2, 0) is 14.6 Å². The van der Waals surface area contributed by atoms with E-state index >= 15 is 0 Å². The largest absolute Gasteiger partial charge is 0.484 e. The normalized spacial score (nSPS) is 17.7. The highest BCUT2D eigenvalue weighted by molar-refractivity contribution is 7.91. The Morgan fingerprint density at radius 3 is 2.67 bits per heavy atom. The Hall–Kier alpha value is -2.84. The number of ether oxygens (including phenoxy) is 1. The fourth-order valence-corrected chi connectivity index (χ4v) is 5.15. The molecule has 1 saturated heterocycles. The zero-order valence-corrected chi connectivity index (χ0v) is 17.3. The average molecular weight is 448 g/mol. The van der Waals surface area contributed by atoms with Gasteiger partial charge in [0.15, 0.2) is 21.9 Å². The lowest BCUT2D eigenvalue weighted by Gasteiger charge is -2.12. The predicted molar refractivity (Wildman–Crippen MR) is 114 cm³/mol. The van der Waals surface area contributed by atoms with Gasteiger partial charge in [0.2, 0.25) is 0 Å². The molecular weight excluding hydrogens is 430 g/mol. The number of amides is 1. The van der Waals surface area contributed by atoms with Gasteiger partial charge >= 0.3 is 0 Å². The molecule has 1 unspecified atom stereocenters. The predicted octanol–water partition coefficient (Wildman–Crippen LogP) is 2.80. The van der Waals surface area contributed by atoms with Crippen LogP contribution in [0.25, 0.3) is 22.1 Å². The second-order valence-corrected chi connectivity index (χ2v) is 9.76. The van der Waals surface area contributed by atoms with Gasteiger partial charge in [-0.25, -0.2) is 8.42 Å². The third kappa shape index (κ3) is 4.49. The summed E-state index contributed by atoms with van der Waals surface area (Å²) in [7, 11) is -3.07. The van der Waals surface area contributed by atoms with E-state index in [1.807, 2.05) is 0 Å². The van der Waals surface area contributed by atoms with Crippen molar-refractivity contribution < 1.29 is 22.4 Å². The summed E-state index contributed by atoms with van der Waals surface area (Å²) in [6.07, 6.45) is 1.79. The quantitative estimate of drug-likeness (QED) is 0.645. The number of benzene rings is 2. The molecule has 30 heavy (non-hydrogen) atoms. The number of halogens is 1. The Labute approximate surface area is 177 Å². The van der Waals surface area contributed by atoms with Crippen LogP contribution in [0.2, 0.25) is 5.02 Å². The molecule has 9 heteroatoms. The van der Waals surface area contributed by atoms with E-state index in [1.54, 1.807) is 36.4 Å².